The van der Waals surface area contributed by atoms with Gasteiger partial charge in [-0.3, -0.25) is 10.6 Å². The van der Waals surface area contributed by atoms with Crippen LogP contribution >= 0.6 is 0 Å². The van der Waals surface area contributed by atoms with E-state index in [1.807, 2.05) is 50.3 Å². The molecule has 0 saturated carbocycles. The number of phenols is 1. The van der Waals surface area contributed by atoms with Crippen LogP contribution in [0.4, 0.5) is 4.39 Å². The lowest BCUT2D eigenvalue weighted by molar-refractivity contribution is -0.0362. The number of hydrogen-bond donors (Lipinski definition) is 3. The van der Waals surface area contributed by atoms with Crippen LogP contribution in [-0.2, 0) is 33.6 Å². The molecule has 2 unspecified atom stereocenters. The molecule has 0 bridgehead atoms. The number of ether oxygens (including phenoxy) is 4. The molecule has 0 amide bonds. The van der Waals surface area contributed by atoms with Crippen LogP contribution in [0.3, 0.4) is 0 Å². The van der Waals surface area contributed by atoms with E-state index in [9.17, 15) is 5.11 Å². The zero-order chi connectivity index (χ0) is 29.0. The van der Waals surface area contributed by atoms with E-state index in [-0.39, 0.29) is 18.4 Å². The number of nitrogens with one attached hydrogen (secondary N) is 2. The number of hydrogen-bond acceptors (Lipinski definition) is 7. The van der Waals surface area contributed by atoms with Gasteiger partial charge in [-0.15, -0.1) is 0 Å². The van der Waals surface area contributed by atoms with Crippen LogP contribution in [0.2, 0.25) is 0 Å². The normalized spacial score (nSPS) is 24.4. The van der Waals surface area contributed by atoms with Crippen molar-refractivity contribution in [2.75, 3.05) is 27.4 Å². The zero-order valence-corrected chi connectivity index (χ0v) is 24.6. The molecule has 41 heavy (non-hydrogen) atoms. The molecule has 2 aromatic carbocycles. The molecular formula is C33H43FN2O5. The van der Waals surface area contributed by atoms with Crippen LogP contribution < -0.4 is 15.4 Å². The Bertz CT molecular complexity index is 1290. The Labute approximate surface area is 242 Å². The fraction of sp³-hybridized carbons (Fsp3) is 0.515. The molecular weight excluding hydrogens is 523 g/mol. The molecule has 1 aliphatic heterocycles. The first kappa shape index (κ1) is 29.6. The summed E-state index contributed by atoms with van der Waals surface area (Å²) in [6, 6.07) is 11.4. The van der Waals surface area contributed by atoms with E-state index in [4.69, 9.17) is 18.9 Å². The molecule has 3 aliphatic rings. The Morgan fingerprint density at radius 1 is 1.07 bits per heavy atom. The molecule has 3 N–H and O–H groups in total. The second-order valence-corrected chi connectivity index (χ2v) is 11.6. The number of methoxy groups -OCH3 is 2. The van der Waals surface area contributed by atoms with Gasteiger partial charge in [0.15, 0.2) is 11.6 Å². The first-order chi connectivity index (χ1) is 19.8. The molecule has 1 saturated heterocycles. The van der Waals surface area contributed by atoms with Crippen LogP contribution in [0, 0.1) is 0 Å². The summed E-state index contributed by atoms with van der Waals surface area (Å²) in [5.74, 6) is 0.155. The minimum absolute atomic E-state index is 0.172. The molecule has 1 heterocycles. The summed E-state index contributed by atoms with van der Waals surface area (Å²) < 4.78 is 39.9. The second kappa shape index (κ2) is 12.5. The van der Waals surface area contributed by atoms with Crippen LogP contribution in [0.5, 0.6) is 11.5 Å². The number of para-hydroxylation sites is 1. The second-order valence-electron chi connectivity index (χ2n) is 11.6. The smallest absolute Gasteiger partial charge is 0.230 e. The van der Waals surface area contributed by atoms with Gasteiger partial charge in [0, 0.05) is 43.9 Å². The maximum absolute atomic E-state index is 16.2. The van der Waals surface area contributed by atoms with Crippen LogP contribution in [0.25, 0.3) is 0 Å². The minimum Gasteiger partial charge on any atom is -0.508 e. The summed E-state index contributed by atoms with van der Waals surface area (Å²) in [5, 5.41) is 17.6. The minimum atomic E-state index is -1.61. The van der Waals surface area contributed by atoms with Crippen molar-refractivity contribution in [3.8, 4) is 11.5 Å². The Morgan fingerprint density at radius 3 is 2.63 bits per heavy atom. The lowest BCUT2D eigenvalue weighted by Gasteiger charge is -2.37. The molecule has 3 atom stereocenters. The monoisotopic (exact) mass is 566 g/mol. The molecule has 5 rings (SSSR count). The number of halogens is 1. The number of aromatic hydroxyl groups is 1. The zero-order valence-electron chi connectivity index (χ0n) is 24.6. The van der Waals surface area contributed by atoms with Gasteiger partial charge in [0.2, 0.25) is 5.72 Å². The van der Waals surface area contributed by atoms with Gasteiger partial charge in [-0.25, -0.2) is 4.39 Å². The summed E-state index contributed by atoms with van der Waals surface area (Å²) in [7, 11) is 2.96. The highest BCUT2D eigenvalue weighted by atomic mass is 19.1. The maximum atomic E-state index is 16.2. The van der Waals surface area contributed by atoms with Crippen molar-refractivity contribution < 1.29 is 28.4 Å². The van der Waals surface area contributed by atoms with Crippen LogP contribution in [0.15, 0.2) is 60.1 Å². The molecule has 7 nitrogen and oxygen atoms in total. The van der Waals surface area contributed by atoms with Crippen molar-refractivity contribution in [2.45, 2.75) is 82.4 Å². The number of aryl methyl sites for hydroxylation is 1. The van der Waals surface area contributed by atoms with Crippen molar-refractivity contribution >= 4 is 0 Å². The van der Waals surface area contributed by atoms with Crippen LogP contribution in [0.1, 0.15) is 67.7 Å². The Balaban J connectivity index is 1.36. The number of fused-ring (bicyclic) bond motifs is 1. The molecule has 8 heteroatoms. The van der Waals surface area contributed by atoms with Gasteiger partial charge < -0.3 is 24.1 Å². The van der Waals surface area contributed by atoms with E-state index < -0.39 is 23.2 Å². The van der Waals surface area contributed by atoms with Gasteiger partial charge in [-0.05, 0) is 87.8 Å². The fourth-order valence-electron chi connectivity index (χ4n) is 6.20. The maximum Gasteiger partial charge on any atom is 0.230 e. The van der Waals surface area contributed by atoms with Gasteiger partial charge >= 0.3 is 0 Å². The summed E-state index contributed by atoms with van der Waals surface area (Å²) in [6.07, 6.45) is 9.69. The highest BCUT2D eigenvalue weighted by molar-refractivity contribution is 5.53. The van der Waals surface area contributed by atoms with Gasteiger partial charge in [0.25, 0.3) is 0 Å². The fourth-order valence-corrected chi connectivity index (χ4v) is 6.20. The highest BCUT2D eigenvalue weighted by Crippen LogP contribution is 2.44. The van der Waals surface area contributed by atoms with Gasteiger partial charge in [0.1, 0.15) is 17.3 Å². The summed E-state index contributed by atoms with van der Waals surface area (Å²) in [4.78, 5) is 0. The average Bonchev–Trinajstić information content (AvgIpc) is 3.50. The topological polar surface area (TPSA) is 81.2 Å². The quantitative estimate of drug-likeness (QED) is 0.298. The van der Waals surface area contributed by atoms with E-state index in [1.54, 1.807) is 6.07 Å². The predicted octanol–water partition coefficient (Wildman–Crippen LogP) is 5.77. The highest BCUT2D eigenvalue weighted by Gasteiger charge is 2.45. The van der Waals surface area contributed by atoms with Crippen molar-refractivity contribution in [2.24, 2.45) is 0 Å². The van der Waals surface area contributed by atoms with Crippen LogP contribution in [-0.4, -0.2) is 50.0 Å². The molecule has 2 aromatic rings. The summed E-state index contributed by atoms with van der Waals surface area (Å²) in [6.45, 7) is 5.73. The molecule has 0 spiro atoms. The van der Waals surface area contributed by atoms with E-state index in [1.165, 1.54) is 25.9 Å². The van der Waals surface area contributed by atoms with E-state index in [0.29, 0.717) is 18.1 Å². The van der Waals surface area contributed by atoms with E-state index in [0.717, 1.165) is 61.8 Å². The third kappa shape index (κ3) is 6.31. The van der Waals surface area contributed by atoms with E-state index >= 15 is 4.39 Å². The summed E-state index contributed by atoms with van der Waals surface area (Å²) in [5.41, 5.74) is 1.66. The Kier molecular flexibility index (Phi) is 9.04. The predicted molar refractivity (Wildman–Crippen MR) is 156 cm³/mol. The average molecular weight is 567 g/mol. The standard InChI is InChI=1S/C33H43FN2O5/c1-32(2,35-21-25-12-9-17-40-25)41-28-14-8-6-11-23(28)20-36-33(39-4)29(34)18-24(19-30(33)38-3)31-26-13-7-5-10-22(26)15-16-27(31)37/h6,8,11,14-16,18-19,24-25,35-37H,5,7,9-10,12-13,17,20-21H2,1-4H3/t24?,25-,33?/m0/s1. The number of rotatable bonds is 11. The van der Waals surface area contributed by atoms with Crippen molar-refractivity contribution in [1.29, 1.82) is 0 Å². The lowest BCUT2D eigenvalue weighted by Crippen LogP contribution is -2.51. The molecule has 222 valence electrons. The number of phenolic OH excluding ortho intramolecular Hbond substituents is 1. The summed E-state index contributed by atoms with van der Waals surface area (Å²) >= 11 is 0. The van der Waals surface area contributed by atoms with Gasteiger partial charge in [-0.1, -0.05) is 24.3 Å². The largest absolute Gasteiger partial charge is 0.508 e. The first-order valence-electron chi connectivity index (χ1n) is 14.7. The molecule has 0 aromatic heterocycles. The SMILES string of the molecule is COC1=CC(c2c(O)ccc3c2CCCC3)C=C(F)C1(NCc1ccccc1OC(C)(C)NC[C@@H]1CCCO1)OC. The third-order valence-corrected chi connectivity index (χ3v) is 8.40. The Hall–Kier alpha value is -2.91. The van der Waals surface area contributed by atoms with Gasteiger partial charge in [-0.2, -0.15) is 0 Å². The third-order valence-electron chi connectivity index (χ3n) is 8.40. The number of allylic oxidation sites excluding steroid dienone is 2. The van der Waals surface area contributed by atoms with Crippen molar-refractivity contribution in [1.82, 2.24) is 10.6 Å². The first-order valence-corrected chi connectivity index (χ1v) is 14.7. The van der Waals surface area contributed by atoms with Crippen molar-refractivity contribution in [3.05, 3.63) is 82.4 Å². The molecule has 1 fully saturated rings. The lowest BCUT2D eigenvalue weighted by atomic mass is 9.80. The Morgan fingerprint density at radius 2 is 1.88 bits per heavy atom. The number of benzene rings is 2. The van der Waals surface area contributed by atoms with Crippen molar-refractivity contribution in [3.63, 3.8) is 0 Å². The van der Waals surface area contributed by atoms with Gasteiger partial charge in [0.05, 0.1) is 13.2 Å². The molecule has 2 aliphatic carbocycles. The van der Waals surface area contributed by atoms with E-state index in [2.05, 4.69) is 10.6 Å². The molecule has 0 radical (unpaired) electrons.